The highest BCUT2D eigenvalue weighted by molar-refractivity contribution is 7.89. The Hall–Kier alpha value is -3.18. The summed E-state index contributed by atoms with van der Waals surface area (Å²) in [5, 5.41) is 6.43. The molecule has 1 fully saturated rings. The van der Waals surface area contributed by atoms with E-state index in [1.165, 1.54) is 47.8 Å². The van der Waals surface area contributed by atoms with Crippen LogP contribution >= 0.6 is 0 Å². The minimum atomic E-state index is -3.55. The second-order valence-corrected chi connectivity index (χ2v) is 9.80. The molecule has 2 aromatic rings. The van der Waals surface area contributed by atoms with E-state index in [0.717, 1.165) is 18.9 Å². The van der Waals surface area contributed by atoms with Gasteiger partial charge < -0.3 is 20.8 Å². The van der Waals surface area contributed by atoms with Gasteiger partial charge in [0.05, 0.1) is 4.90 Å². The fraction of sp³-hybridized carbons (Fsp3) is 0.435. The normalized spacial score (nSPS) is 14.8. The van der Waals surface area contributed by atoms with Crippen LogP contribution in [0.15, 0.2) is 52.6 Å². The molecular formula is C23H32N6O4S. The molecule has 1 aliphatic heterocycles. The van der Waals surface area contributed by atoms with Crippen LogP contribution in [0.25, 0.3) is 0 Å². The molecule has 0 unspecified atom stereocenters. The average molecular weight is 489 g/mol. The SMILES string of the molecule is CCN(CC)S(=O)(=O)c1ccc(NC(=O)CO/N=C(/N)c2ccc(N3CCCCC3)nc2)cc1. The number of aromatic nitrogens is 1. The monoisotopic (exact) mass is 488 g/mol. The number of hydrogen-bond acceptors (Lipinski definition) is 7. The first-order chi connectivity index (χ1) is 16.3. The number of hydrogen-bond donors (Lipinski definition) is 2. The van der Waals surface area contributed by atoms with E-state index in [-0.39, 0.29) is 17.3 Å². The quantitative estimate of drug-likeness (QED) is 0.298. The van der Waals surface area contributed by atoms with E-state index in [0.29, 0.717) is 24.3 Å². The number of amidine groups is 1. The number of nitrogens with two attached hydrogens (primary N) is 1. The van der Waals surface area contributed by atoms with Crippen LogP contribution in [0.1, 0.15) is 38.7 Å². The van der Waals surface area contributed by atoms with Crippen LogP contribution in [0, 0.1) is 0 Å². The Labute approximate surface area is 200 Å². The number of amides is 1. The highest BCUT2D eigenvalue weighted by Crippen LogP contribution is 2.19. The van der Waals surface area contributed by atoms with Crippen molar-refractivity contribution in [3.05, 3.63) is 48.2 Å². The number of carbonyl (C=O) groups is 1. The van der Waals surface area contributed by atoms with Gasteiger partial charge in [-0.05, 0) is 55.7 Å². The topological polar surface area (TPSA) is 130 Å². The van der Waals surface area contributed by atoms with Crippen molar-refractivity contribution in [1.29, 1.82) is 0 Å². The Morgan fingerprint density at radius 2 is 1.79 bits per heavy atom. The predicted octanol–water partition coefficient (Wildman–Crippen LogP) is 2.38. The predicted molar refractivity (Wildman–Crippen MR) is 132 cm³/mol. The molecule has 3 N–H and O–H groups in total. The second-order valence-electron chi connectivity index (χ2n) is 7.86. The number of pyridine rings is 1. The van der Waals surface area contributed by atoms with Crippen LogP contribution < -0.4 is 16.0 Å². The average Bonchev–Trinajstić information content (AvgIpc) is 2.85. The number of piperidine rings is 1. The standard InChI is InChI=1S/C23H32N6O4S/c1-3-29(4-2)34(31,32)20-11-9-19(10-12-20)26-22(30)17-33-27-23(24)18-8-13-21(25-16-18)28-14-6-5-7-15-28/h8-13,16H,3-7,14-15,17H2,1-2H3,(H2,24,27)(H,26,30). The van der Waals surface area contributed by atoms with E-state index in [2.05, 4.69) is 20.4 Å². The van der Waals surface area contributed by atoms with Gasteiger partial charge in [-0.2, -0.15) is 4.31 Å². The molecule has 34 heavy (non-hydrogen) atoms. The third-order valence-electron chi connectivity index (χ3n) is 5.56. The molecule has 1 aliphatic rings. The summed E-state index contributed by atoms with van der Waals surface area (Å²) in [5.41, 5.74) is 6.99. The molecule has 0 aliphatic carbocycles. The van der Waals surface area contributed by atoms with Crippen LogP contribution in [0.4, 0.5) is 11.5 Å². The van der Waals surface area contributed by atoms with Crippen molar-refractivity contribution in [2.24, 2.45) is 10.9 Å². The summed E-state index contributed by atoms with van der Waals surface area (Å²) in [6.07, 6.45) is 5.23. The lowest BCUT2D eigenvalue weighted by Gasteiger charge is -2.27. The number of rotatable bonds is 10. The number of nitrogens with one attached hydrogen (secondary N) is 1. The number of carbonyl (C=O) groups excluding carboxylic acids is 1. The lowest BCUT2D eigenvalue weighted by atomic mass is 10.1. The zero-order valence-corrected chi connectivity index (χ0v) is 20.4. The van der Waals surface area contributed by atoms with Crippen molar-refractivity contribution < 1.29 is 18.0 Å². The number of anilines is 2. The Morgan fingerprint density at radius 3 is 2.38 bits per heavy atom. The number of oxime groups is 1. The molecular weight excluding hydrogens is 456 g/mol. The molecule has 11 heteroatoms. The third kappa shape index (κ3) is 6.45. The fourth-order valence-corrected chi connectivity index (χ4v) is 5.14. The van der Waals surface area contributed by atoms with E-state index in [4.69, 9.17) is 10.6 Å². The zero-order valence-electron chi connectivity index (χ0n) is 19.6. The van der Waals surface area contributed by atoms with Crippen molar-refractivity contribution in [3.8, 4) is 0 Å². The van der Waals surface area contributed by atoms with Crippen LogP contribution in [0.3, 0.4) is 0 Å². The van der Waals surface area contributed by atoms with E-state index in [1.807, 2.05) is 12.1 Å². The van der Waals surface area contributed by atoms with Crippen molar-refractivity contribution in [3.63, 3.8) is 0 Å². The molecule has 0 radical (unpaired) electrons. The molecule has 0 atom stereocenters. The summed E-state index contributed by atoms with van der Waals surface area (Å²) in [6, 6.07) is 9.71. The van der Waals surface area contributed by atoms with Crippen molar-refractivity contribution in [2.45, 2.75) is 38.0 Å². The Kier molecular flexibility index (Phi) is 8.83. The second kappa shape index (κ2) is 11.8. The molecule has 0 saturated carbocycles. The Bertz CT molecular complexity index is 1080. The first-order valence-corrected chi connectivity index (χ1v) is 12.9. The van der Waals surface area contributed by atoms with E-state index >= 15 is 0 Å². The van der Waals surface area contributed by atoms with Gasteiger partial charge in [0.2, 0.25) is 10.0 Å². The molecule has 1 aromatic carbocycles. The molecule has 1 amide bonds. The van der Waals surface area contributed by atoms with E-state index < -0.39 is 15.9 Å². The summed E-state index contributed by atoms with van der Waals surface area (Å²) in [5.74, 6) is 0.582. The van der Waals surface area contributed by atoms with Gasteiger partial charge in [0, 0.05) is 43.6 Å². The fourth-order valence-electron chi connectivity index (χ4n) is 3.68. The third-order valence-corrected chi connectivity index (χ3v) is 7.63. The van der Waals surface area contributed by atoms with Gasteiger partial charge in [-0.25, -0.2) is 13.4 Å². The van der Waals surface area contributed by atoms with E-state index in [9.17, 15) is 13.2 Å². The molecule has 2 heterocycles. The summed E-state index contributed by atoms with van der Waals surface area (Å²) in [7, 11) is -3.55. The maximum atomic E-state index is 12.5. The van der Waals surface area contributed by atoms with Gasteiger partial charge in [-0.3, -0.25) is 4.79 Å². The van der Waals surface area contributed by atoms with Gasteiger partial charge in [-0.15, -0.1) is 0 Å². The van der Waals surface area contributed by atoms with Gasteiger partial charge in [-0.1, -0.05) is 19.0 Å². The Balaban J connectivity index is 1.50. The van der Waals surface area contributed by atoms with E-state index in [1.54, 1.807) is 20.0 Å². The highest BCUT2D eigenvalue weighted by atomic mass is 32.2. The highest BCUT2D eigenvalue weighted by Gasteiger charge is 2.21. The zero-order chi connectivity index (χ0) is 24.6. The maximum Gasteiger partial charge on any atom is 0.265 e. The summed E-state index contributed by atoms with van der Waals surface area (Å²) in [6.45, 7) is 6.00. The summed E-state index contributed by atoms with van der Waals surface area (Å²) >= 11 is 0. The molecule has 1 aromatic heterocycles. The molecule has 0 bridgehead atoms. The number of sulfonamides is 1. The maximum absolute atomic E-state index is 12.5. The Morgan fingerprint density at radius 1 is 1.12 bits per heavy atom. The van der Waals surface area contributed by atoms with Crippen molar-refractivity contribution in [2.75, 3.05) is 43.0 Å². The van der Waals surface area contributed by atoms with Crippen molar-refractivity contribution >= 4 is 33.3 Å². The molecule has 10 nitrogen and oxygen atoms in total. The van der Waals surface area contributed by atoms with Gasteiger partial charge in [0.1, 0.15) is 5.82 Å². The number of nitrogens with zero attached hydrogens (tertiary/aromatic N) is 4. The minimum Gasteiger partial charge on any atom is -0.384 e. The minimum absolute atomic E-state index is 0.122. The molecule has 1 saturated heterocycles. The van der Waals surface area contributed by atoms with Gasteiger partial charge in [0.15, 0.2) is 12.4 Å². The summed E-state index contributed by atoms with van der Waals surface area (Å²) < 4.78 is 26.4. The summed E-state index contributed by atoms with van der Waals surface area (Å²) in [4.78, 5) is 24.1. The van der Waals surface area contributed by atoms with Crippen LogP contribution in [-0.4, -0.2) is 62.2 Å². The molecule has 3 rings (SSSR count). The largest absolute Gasteiger partial charge is 0.384 e. The van der Waals surface area contributed by atoms with Crippen molar-refractivity contribution in [1.82, 2.24) is 9.29 Å². The first-order valence-electron chi connectivity index (χ1n) is 11.4. The smallest absolute Gasteiger partial charge is 0.265 e. The molecule has 184 valence electrons. The lowest BCUT2D eigenvalue weighted by Crippen LogP contribution is -2.30. The van der Waals surface area contributed by atoms with Crippen LogP contribution in [0.2, 0.25) is 0 Å². The number of benzene rings is 1. The van der Waals surface area contributed by atoms with Gasteiger partial charge in [0.25, 0.3) is 5.91 Å². The molecule has 0 spiro atoms. The lowest BCUT2D eigenvalue weighted by molar-refractivity contribution is -0.120. The van der Waals surface area contributed by atoms with Crippen LogP contribution in [0.5, 0.6) is 0 Å². The van der Waals surface area contributed by atoms with Gasteiger partial charge >= 0.3 is 0 Å². The van der Waals surface area contributed by atoms with Crippen LogP contribution in [-0.2, 0) is 19.7 Å². The first kappa shape index (κ1) is 25.4.